The number of anilines is 1. The van der Waals surface area contributed by atoms with Crippen molar-refractivity contribution in [2.75, 3.05) is 4.90 Å². The van der Waals surface area contributed by atoms with Crippen molar-refractivity contribution in [3.05, 3.63) is 64.2 Å². The van der Waals surface area contributed by atoms with Crippen molar-refractivity contribution in [3.8, 4) is 0 Å². The Morgan fingerprint density at radius 1 is 1.06 bits per heavy atom. The third-order valence-corrected chi connectivity index (χ3v) is 7.32. The third kappa shape index (κ3) is 4.93. The summed E-state index contributed by atoms with van der Waals surface area (Å²) in [6, 6.07) is 8.97. The molecule has 0 spiro atoms. The molecule has 1 saturated heterocycles. The molecular weight excluding hydrogens is 476 g/mol. The number of nitro groups is 1. The van der Waals surface area contributed by atoms with Gasteiger partial charge >= 0.3 is 0 Å². The maximum absolute atomic E-state index is 13.6. The number of nitro benzene ring substituents is 1. The van der Waals surface area contributed by atoms with E-state index in [1.165, 1.54) is 53.4 Å². The summed E-state index contributed by atoms with van der Waals surface area (Å²) in [7, 11) is -3.95. The van der Waals surface area contributed by atoms with E-state index in [-0.39, 0.29) is 34.3 Å². The van der Waals surface area contributed by atoms with Crippen LogP contribution in [0.15, 0.2) is 53.4 Å². The lowest BCUT2D eigenvalue weighted by Crippen LogP contribution is -2.51. The van der Waals surface area contributed by atoms with E-state index in [0.29, 0.717) is 12.8 Å². The van der Waals surface area contributed by atoms with Crippen LogP contribution in [0.3, 0.4) is 0 Å². The summed E-state index contributed by atoms with van der Waals surface area (Å²) in [6.07, 6.45) is 3.78. The molecule has 1 atom stereocenters. The zero-order valence-corrected chi connectivity index (χ0v) is 19.5. The average Bonchev–Trinajstić information content (AvgIpc) is 3.12. The summed E-state index contributed by atoms with van der Waals surface area (Å²) < 4.78 is 23.1. The molecule has 2 N–H and O–H groups in total. The first kappa shape index (κ1) is 24.5. The molecule has 2 fully saturated rings. The molecule has 1 aliphatic heterocycles. The number of rotatable bonds is 6. The summed E-state index contributed by atoms with van der Waals surface area (Å²) in [5, 5.41) is 16.3. The van der Waals surface area contributed by atoms with Crippen LogP contribution < -0.4 is 10.0 Å². The van der Waals surface area contributed by atoms with E-state index in [1.807, 2.05) is 0 Å². The molecule has 2 aromatic carbocycles. The molecule has 1 saturated carbocycles. The van der Waals surface area contributed by atoms with Crippen molar-refractivity contribution in [2.45, 2.75) is 55.5 Å². The molecule has 2 aromatic rings. The lowest BCUT2D eigenvalue weighted by molar-refractivity contribution is -0.384. The number of benzene rings is 2. The quantitative estimate of drug-likeness (QED) is 0.362. The summed E-state index contributed by atoms with van der Waals surface area (Å²) in [5.41, 5.74) is -0.00730. The molecule has 1 aliphatic carbocycles. The molecule has 0 radical (unpaired) electrons. The molecule has 0 bridgehead atoms. The van der Waals surface area contributed by atoms with Gasteiger partial charge in [0.05, 0.1) is 21.9 Å². The Balaban J connectivity index is 1.68. The van der Waals surface area contributed by atoms with Gasteiger partial charge in [0, 0.05) is 23.7 Å². The van der Waals surface area contributed by atoms with E-state index in [2.05, 4.69) is 0 Å². The fraction of sp³-hybridized carbons (Fsp3) is 0.348. The average molecular weight is 501 g/mol. The number of primary sulfonamides is 1. The molecule has 11 nitrogen and oxygen atoms in total. The maximum atomic E-state index is 13.6. The van der Waals surface area contributed by atoms with Crippen molar-refractivity contribution in [1.29, 1.82) is 0 Å². The third-order valence-electron chi connectivity index (χ3n) is 6.39. The fourth-order valence-corrected chi connectivity index (χ4v) is 5.23. The van der Waals surface area contributed by atoms with Crippen LogP contribution in [0.2, 0.25) is 0 Å². The SMILES string of the molecule is NS(=O)(=O)c1ccc(N2C(=O)CC(N(C(=O)c3cccc([N+](=O)[O-])c3)C3CCCCC3)C2=O)cc1. The molecule has 0 aromatic heterocycles. The number of nitrogens with zero attached hydrogens (tertiary/aromatic N) is 3. The number of sulfonamides is 1. The highest BCUT2D eigenvalue weighted by Gasteiger charge is 2.46. The number of amides is 3. The second-order valence-corrected chi connectivity index (χ2v) is 10.2. The Morgan fingerprint density at radius 2 is 1.71 bits per heavy atom. The molecule has 1 unspecified atom stereocenters. The predicted molar refractivity (Wildman–Crippen MR) is 125 cm³/mol. The Kier molecular flexibility index (Phi) is 6.68. The number of non-ortho nitro benzene ring substituents is 1. The zero-order valence-electron chi connectivity index (χ0n) is 18.7. The first-order chi connectivity index (χ1) is 16.6. The van der Waals surface area contributed by atoms with Gasteiger partial charge in [-0.15, -0.1) is 0 Å². The van der Waals surface area contributed by atoms with Crippen molar-refractivity contribution in [2.24, 2.45) is 5.14 Å². The zero-order chi connectivity index (χ0) is 25.3. The lowest BCUT2D eigenvalue weighted by atomic mass is 9.92. The van der Waals surface area contributed by atoms with E-state index < -0.39 is 38.7 Å². The van der Waals surface area contributed by atoms with Gasteiger partial charge in [-0.25, -0.2) is 18.5 Å². The Bertz CT molecular complexity index is 1290. The number of hydrogen-bond acceptors (Lipinski definition) is 7. The molecule has 1 heterocycles. The second kappa shape index (κ2) is 9.55. The van der Waals surface area contributed by atoms with Crippen LogP contribution in [0.1, 0.15) is 48.9 Å². The van der Waals surface area contributed by atoms with Crippen molar-refractivity contribution >= 4 is 39.1 Å². The second-order valence-electron chi connectivity index (χ2n) is 8.64. The minimum atomic E-state index is -3.95. The number of nitrogens with two attached hydrogens (primary N) is 1. The first-order valence-corrected chi connectivity index (χ1v) is 12.7. The Morgan fingerprint density at radius 3 is 2.31 bits per heavy atom. The van der Waals surface area contributed by atoms with Gasteiger partial charge in [-0.3, -0.25) is 24.5 Å². The molecule has 3 amide bonds. The van der Waals surface area contributed by atoms with Gasteiger partial charge in [0.15, 0.2) is 0 Å². The van der Waals surface area contributed by atoms with Crippen LogP contribution in [-0.4, -0.2) is 48.0 Å². The van der Waals surface area contributed by atoms with Gasteiger partial charge in [0.2, 0.25) is 15.9 Å². The van der Waals surface area contributed by atoms with Crippen LogP contribution in [0.5, 0.6) is 0 Å². The molecule has 12 heteroatoms. The van der Waals surface area contributed by atoms with Crippen LogP contribution in [0.4, 0.5) is 11.4 Å². The number of carbonyl (C=O) groups is 3. The Labute approximate surface area is 201 Å². The van der Waals surface area contributed by atoms with Crippen LogP contribution >= 0.6 is 0 Å². The molecular formula is C23H24N4O7S. The molecule has 4 rings (SSSR count). The number of carbonyl (C=O) groups excluding carboxylic acids is 3. The van der Waals surface area contributed by atoms with Crippen LogP contribution in [-0.2, 0) is 19.6 Å². The maximum Gasteiger partial charge on any atom is 0.270 e. The van der Waals surface area contributed by atoms with Crippen molar-refractivity contribution in [3.63, 3.8) is 0 Å². The van der Waals surface area contributed by atoms with E-state index in [4.69, 9.17) is 5.14 Å². The fourth-order valence-electron chi connectivity index (χ4n) is 4.71. The van der Waals surface area contributed by atoms with Gasteiger partial charge in [-0.05, 0) is 43.2 Å². The summed E-state index contributed by atoms with van der Waals surface area (Å²) in [4.78, 5) is 52.8. The molecule has 35 heavy (non-hydrogen) atoms. The largest absolute Gasteiger partial charge is 0.323 e. The molecule has 2 aliphatic rings. The topological polar surface area (TPSA) is 161 Å². The van der Waals surface area contributed by atoms with E-state index in [0.717, 1.165) is 24.2 Å². The van der Waals surface area contributed by atoms with Gasteiger partial charge in [-0.2, -0.15) is 0 Å². The molecule has 184 valence electrons. The van der Waals surface area contributed by atoms with Gasteiger partial charge in [0.25, 0.3) is 17.5 Å². The predicted octanol–water partition coefficient (Wildman–Crippen LogP) is 2.35. The minimum absolute atomic E-state index is 0.0703. The number of imide groups is 1. The van der Waals surface area contributed by atoms with Crippen LogP contribution in [0, 0.1) is 10.1 Å². The monoisotopic (exact) mass is 500 g/mol. The van der Waals surface area contributed by atoms with Gasteiger partial charge < -0.3 is 4.90 Å². The highest BCUT2D eigenvalue weighted by Crippen LogP contribution is 2.33. The van der Waals surface area contributed by atoms with Gasteiger partial charge in [0.1, 0.15) is 6.04 Å². The summed E-state index contributed by atoms with van der Waals surface area (Å²) in [6.45, 7) is 0. The normalized spacial score (nSPS) is 19.1. The lowest BCUT2D eigenvalue weighted by Gasteiger charge is -2.37. The highest BCUT2D eigenvalue weighted by atomic mass is 32.2. The van der Waals surface area contributed by atoms with Crippen molar-refractivity contribution in [1.82, 2.24) is 4.90 Å². The highest BCUT2D eigenvalue weighted by molar-refractivity contribution is 7.89. The van der Waals surface area contributed by atoms with E-state index >= 15 is 0 Å². The Hall–Kier alpha value is -3.64. The van der Waals surface area contributed by atoms with Crippen molar-refractivity contribution < 1.29 is 27.7 Å². The van der Waals surface area contributed by atoms with Crippen LogP contribution in [0.25, 0.3) is 0 Å². The smallest absolute Gasteiger partial charge is 0.270 e. The standard InChI is InChI=1S/C23H24N4O7S/c24-35(33,34)19-11-9-17(10-12-19)26-21(28)14-20(23(26)30)25(16-6-2-1-3-7-16)22(29)15-5-4-8-18(13-15)27(31)32/h4-5,8-13,16,20H,1-3,6-7,14H2,(H2,24,33,34). The minimum Gasteiger partial charge on any atom is -0.323 e. The van der Waals surface area contributed by atoms with Gasteiger partial charge in [-0.1, -0.05) is 25.3 Å². The van der Waals surface area contributed by atoms with E-state index in [1.54, 1.807) is 0 Å². The first-order valence-electron chi connectivity index (χ1n) is 11.1. The summed E-state index contributed by atoms with van der Waals surface area (Å²) >= 11 is 0. The number of hydrogen-bond donors (Lipinski definition) is 1. The summed E-state index contributed by atoms with van der Waals surface area (Å²) in [5.74, 6) is -1.68. The van der Waals surface area contributed by atoms with E-state index in [9.17, 15) is 32.9 Å².